The van der Waals surface area contributed by atoms with Crippen LogP contribution in [0.1, 0.15) is 27.2 Å². The first-order valence-electron chi connectivity index (χ1n) is 5.65. The minimum Gasteiger partial charge on any atom is -0.481 e. The van der Waals surface area contributed by atoms with Gasteiger partial charge in [-0.2, -0.15) is 0 Å². The highest BCUT2D eigenvalue weighted by Gasteiger charge is 2.02. The van der Waals surface area contributed by atoms with Crippen LogP contribution in [0.4, 0.5) is 0 Å². The van der Waals surface area contributed by atoms with Gasteiger partial charge in [0.2, 0.25) is 0 Å². The average molecular weight is 218 g/mol. The third kappa shape index (κ3) is 13.4. The van der Waals surface area contributed by atoms with Crippen molar-refractivity contribution in [1.29, 1.82) is 0 Å². The lowest BCUT2D eigenvalue weighted by molar-refractivity contribution is -0.137. The van der Waals surface area contributed by atoms with E-state index in [1.54, 1.807) is 0 Å². The molecule has 1 N–H and O–H groups in total. The zero-order valence-electron chi connectivity index (χ0n) is 10.8. The number of nitrogens with zero attached hydrogens (tertiary/aromatic N) is 2. The van der Waals surface area contributed by atoms with E-state index >= 15 is 0 Å². The molecule has 0 radical (unpaired) electrons. The van der Waals surface area contributed by atoms with Crippen molar-refractivity contribution in [2.24, 2.45) is 0 Å². The van der Waals surface area contributed by atoms with E-state index in [4.69, 9.17) is 5.11 Å². The number of hydrogen-bond acceptors (Lipinski definition) is 3. The molecule has 0 atom stereocenters. The fourth-order valence-corrected chi connectivity index (χ4v) is 0.898. The van der Waals surface area contributed by atoms with Crippen LogP contribution >= 0.6 is 0 Å². The van der Waals surface area contributed by atoms with Gasteiger partial charge in [-0.25, -0.2) is 0 Å². The van der Waals surface area contributed by atoms with Crippen LogP contribution in [-0.4, -0.2) is 61.2 Å². The van der Waals surface area contributed by atoms with Gasteiger partial charge in [0.1, 0.15) is 0 Å². The van der Waals surface area contributed by atoms with E-state index in [1.165, 1.54) is 0 Å². The van der Waals surface area contributed by atoms with Crippen molar-refractivity contribution < 1.29 is 9.90 Å². The lowest BCUT2D eigenvalue weighted by Gasteiger charge is -2.19. The molecule has 0 saturated heterocycles. The molecule has 4 nitrogen and oxygen atoms in total. The van der Waals surface area contributed by atoms with Crippen LogP contribution in [0.5, 0.6) is 0 Å². The summed E-state index contributed by atoms with van der Waals surface area (Å²) < 4.78 is 0. The maximum atomic E-state index is 10.3. The Kier molecular flexibility index (Phi) is 12.8. The third-order valence-electron chi connectivity index (χ3n) is 2.11. The highest BCUT2D eigenvalue weighted by Crippen LogP contribution is 1.89. The molecule has 0 aliphatic rings. The Hall–Kier alpha value is -0.610. The summed E-state index contributed by atoms with van der Waals surface area (Å²) in [5.74, 6) is -0.726. The molecule has 0 unspecified atom stereocenters. The standard InChI is InChI=1S/C9H20N2O2.C2H6/c1-4-10(2)7-8-11(3)6-5-9(12)13;1-2/h4-8H2,1-3H3,(H,12,13);1-2H3. The second-order valence-corrected chi connectivity index (χ2v) is 3.34. The molecule has 0 saturated carbocycles. The number of aliphatic carboxylic acids is 1. The Morgan fingerprint density at radius 3 is 1.93 bits per heavy atom. The Labute approximate surface area is 93.9 Å². The van der Waals surface area contributed by atoms with Gasteiger partial charge in [-0.05, 0) is 20.6 Å². The van der Waals surface area contributed by atoms with Crippen LogP contribution < -0.4 is 0 Å². The van der Waals surface area contributed by atoms with E-state index in [1.807, 2.05) is 25.8 Å². The molecule has 0 amide bonds. The zero-order chi connectivity index (χ0) is 12.3. The summed E-state index contributed by atoms with van der Waals surface area (Å²) >= 11 is 0. The largest absolute Gasteiger partial charge is 0.481 e. The Morgan fingerprint density at radius 2 is 1.53 bits per heavy atom. The first kappa shape index (κ1) is 16.8. The lowest BCUT2D eigenvalue weighted by Crippen LogP contribution is -2.31. The molecule has 0 aromatic heterocycles. The average Bonchev–Trinajstić information content (AvgIpc) is 2.25. The van der Waals surface area contributed by atoms with Crippen molar-refractivity contribution in [2.75, 3.05) is 40.3 Å². The van der Waals surface area contributed by atoms with Crippen molar-refractivity contribution in [3.8, 4) is 0 Å². The van der Waals surface area contributed by atoms with Gasteiger partial charge < -0.3 is 14.9 Å². The molecule has 4 heteroatoms. The predicted octanol–water partition coefficient (Wildman–Crippen LogP) is 1.37. The van der Waals surface area contributed by atoms with E-state index in [0.717, 1.165) is 19.6 Å². The van der Waals surface area contributed by atoms with Crippen LogP contribution in [0.15, 0.2) is 0 Å². The molecule has 0 rings (SSSR count). The third-order valence-corrected chi connectivity index (χ3v) is 2.11. The van der Waals surface area contributed by atoms with Crippen LogP contribution in [0.2, 0.25) is 0 Å². The molecule has 0 heterocycles. The van der Waals surface area contributed by atoms with Gasteiger partial charge in [0.25, 0.3) is 0 Å². The second-order valence-electron chi connectivity index (χ2n) is 3.34. The maximum absolute atomic E-state index is 10.3. The fourth-order valence-electron chi connectivity index (χ4n) is 0.898. The highest BCUT2D eigenvalue weighted by molar-refractivity contribution is 5.66. The first-order valence-corrected chi connectivity index (χ1v) is 5.65. The molecule has 0 aliphatic carbocycles. The minimum atomic E-state index is -0.726. The summed E-state index contributed by atoms with van der Waals surface area (Å²) in [4.78, 5) is 14.5. The molecule has 0 bridgehead atoms. The van der Waals surface area contributed by atoms with Crippen LogP contribution in [-0.2, 0) is 4.79 Å². The molecule has 0 fully saturated rings. The van der Waals surface area contributed by atoms with Crippen molar-refractivity contribution in [3.05, 3.63) is 0 Å². The summed E-state index contributed by atoms with van der Waals surface area (Å²) in [6, 6.07) is 0. The molecule has 0 aromatic rings. The number of rotatable bonds is 7. The summed E-state index contributed by atoms with van der Waals surface area (Å²) in [6.07, 6.45) is 0.229. The lowest BCUT2D eigenvalue weighted by atomic mass is 10.4. The summed E-state index contributed by atoms with van der Waals surface area (Å²) in [5.41, 5.74) is 0. The van der Waals surface area contributed by atoms with Crippen molar-refractivity contribution in [2.45, 2.75) is 27.2 Å². The molecular weight excluding hydrogens is 192 g/mol. The molecule has 15 heavy (non-hydrogen) atoms. The van der Waals surface area contributed by atoms with Gasteiger partial charge in [0.05, 0.1) is 6.42 Å². The number of likely N-dealkylation sites (N-methyl/N-ethyl adjacent to an activating group) is 2. The minimum absolute atomic E-state index is 0.229. The highest BCUT2D eigenvalue weighted by atomic mass is 16.4. The number of hydrogen-bond donors (Lipinski definition) is 1. The quantitative estimate of drug-likeness (QED) is 0.701. The SMILES string of the molecule is CC.CCN(C)CCN(C)CCC(=O)O. The number of carboxylic acids is 1. The van der Waals surface area contributed by atoms with E-state index in [2.05, 4.69) is 18.9 Å². The van der Waals surface area contributed by atoms with E-state index in [9.17, 15) is 4.79 Å². The number of carboxylic acid groups (broad SMARTS) is 1. The van der Waals surface area contributed by atoms with Gasteiger partial charge >= 0.3 is 5.97 Å². The van der Waals surface area contributed by atoms with E-state index in [-0.39, 0.29) is 6.42 Å². The molecule has 92 valence electrons. The van der Waals surface area contributed by atoms with Crippen LogP contribution in [0, 0.1) is 0 Å². The molecule has 0 aliphatic heterocycles. The van der Waals surface area contributed by atoms with E-state index < -0.39 is 5.97 Å². The van der Waals surface area contributed by atoms with Crippen molar-refractivity contribution in [1.82, 2.24) is 9.80 Å². The zero-order valence-corrected chi connectivity index (χ0v) is 10.8. The topological polar surface area (TPSA) is 43.8 Å². The molecule has 0 spiro atoms. The summed E-state index contributed by atoms with van der Waals surface area (Å²) in [7, 11) is 4.01. The van der Waals surface area contributed by atoms with Crippen LogP contribution in [0.3, 0.4) is 0 Å². The van der Waals surface area contributed by atoms with E-state index in [0.29, 0.717) is 6.54 Å². The summed E-state index contributed by atoms with van der Waals surface area (Å²) in [6.45, 7) is 9.70. The Morgan fingerprint density at radius 1 is 1.07 bits per heavy atom. The number of carbonyl (C=O) groups is 1. The van der Waals surface area contributed by atoms with Gasteiger partial charge in [-0.15, -0.1) is 0 Å². The van der Waals surface area contributed by atoms with Gasteiger partial charge in [-0.1, -0.05) is 20.8 Å². The van der Waals surface area contributed by atoms with Gasteiger partial charge in [0, 0.05) is 19.6 Å². The molecular formula is C11H26N2O2. The maximum Gasteiger partial charge on any atom is 0.304 e. The Bertz CT molecular complexity index is 152. The van der Waals surface area contributed by atoms with Crippen molar-refractivity contribution >= 4 is 5.97 Å². The normalized spacial score (nSPS) is 10.1. The van der Waals surface area contributed by atoms with Gasteiger partial charge in [-0.3, -0.25) is 4.79 Å². The van der Waals surface area contributed by atoms with Crippen molar-refractivity contribution in [3.63, 3.8) is 0 Å². The monoisotopic (exact) mass is 218 g/mol. The first-order chi connectivity index (χ1) is 7.06. The fraction of sp³-hybridized carbons (Fsp3) is 0.909. The van der Waals surface area contributed by atoms with Gasteiger partial charge in [0.15, 0.2) is 0 Å². The summed E-state index contributed by atoms with van der Waals surface area (Å²) in [5, 5.41) is 8.45. The molecule has 0 aromatic carbocycles. The second kappa shape index (κ2) is 11.5. The Balaban J connectivity index is 0. The smallest absolute Gasteiger partial charge is 0.304 e. The van der Waals surface area contributed by atoms with Crippen LogP contribution in [0.25, 0.3) is 0 Å². The predicted molar refractivity (Wildman–Crippen MR) is 64.3 cm³/mol.